The van der Waals surface area contributed by atoms with Crippen LogP contribution >= 0.6 is 0 Å². The Labute approximate surface area is 108 Å². The molecule has 5 heteroatoms. The molecule has 3 unspecified atom stereocenters. The molecule has 1 aliphatic rings. The Balaban J connectivity index is 2.71. The lowest BCUT2D eigenvalue weighted by Gasteiger charge is -2.37. The van der Waals surface area contributed by atoms with Gasteiger partial charge in [0, 0.05) is 6.54 Å². The van der Waals surface area contributed by atoms with Crippen molar-refractivity contribution in [2.45, 2.75) is 45.2 Å². The average Bonchev–Trinajstić information content (AvgIpc) is 2.37. The lowest BCUT2D eigenvalue weighted by molar-refractivity contribution is -0.144. The molecule has 0 radical (unpaired) electrons. The minimum Gasteiger partial charge on any atom is -0.480 e. The molecule has 0 aromatic carbocycles. The van der Waals surface area contributed by atoms with Gasteiger partial charge in [-0.05, 0) is 25.7 Å². The average molecular weight is 252 g/mol. The molecule has 0 bridgehead atoms. The number of carboxylic acids is 1. The van der Waals surface area contributed by atoms with E-state index in [0.29, 0.717) is 18.9 Å². The summed E-state index contributed by atoms with van der Waals surface area (Å²) in [4.78, 5) is 24.5. The lowest BCUT2D eigenvalue weighted by Crippen LogP contribution is -2.54. The maximum atomic E-state index is 11.9. The molecular formula is C13H20N2O3. The van der Waals surface area contributed by atoms with Gasteiger partial charge in [-0.15, -0.1) is 6.42 Å². The molecule has 18 heavy (non-hydrogen) atoms. The molecule has 0 aromatic rings. The number of nitrogens with one attached hydrogen (secondary N) is 1. The van der Waals surface area contributed by atoms with Crippen molar-refractivity contribution in [3.63, 3.8) is 0 Å². The number of hydrogen-bond donors (Lipinski definition) is 2. The van der Waals surface area contributed by atoms with E-state index in [0.717, 1.165) is 12.8 Å². The van der Waals surface area contributed by atoms with Crippen LogP contribution in [0, 0.1) is 18.3 Å². The van der Waals surface area contributed by atoms with Gasteiger partial charge >= 0.3 is 12.0 Å². The van der Waals surface area contributed by atoms with E-state index in [1.165, 1.54) is 4.90 Å². The van der Waals surface area contributed by atoms with Crippen LogP contribution in [0.5, 0.6) is 0 Å². The van der Waals surface area contributed by atoms with Crippen LogP contribution in [0.1, 0.15) is 33.1 Å². The summed E-state index contributed by atoms with van der Waals surface area (Å²) < 4.78 is 0. The number of terminal acetylenes is 1. The fourth-order valence-corrected chi connectivity index (χ4v) is 2.20. The third kappa shape index (κ3) is 3.39. The van der Waals surface area contributed by atoms with Crippen molar-refractivity contribution in [3.8, 4) is 12.3 Å². The number of carbonyl (C=O) groups is 2. The molecule has 3 atom stereocenters. The van der Waals surface area contributed by atoms with Gasteiger partial charge in [0.15, 0.2) is 0 Å². The van der Waals surface area contributed by atoms with E-state index in [-0.39, 0.29) is 6.03 Å². The van der Waals surface area contributed by atoms with Crippen molar-refractivity contribution >= 4 is 12.0 Å². The van der Waals surface area contributed by atoms with Crippen LogP contribution in [0.25, 0.3) is 0 Å². The van der Waals surface area contributed by atoms with Crippen molar-refractivity contribution in [2.75, 3.05) is 6.54 Å². The Bertz CT molecular complexity index is 362. The van der Waals surface area contributed by atoms with Gasteiger partial charge < -0.3 is 15.3 Å². The van der Waals surface area contributed by atoms with Gasteiger partial charge in [0.2, 0.25) is 0 Å². The van der Waals surface area contributed by atoms with E-state index < -0.39 is 18.1 Å². The molecule has 1 saturated heterocycles. The highest BCUT2D eigenvalue weighted by molar-refractivity contribution is 5.83. The largest absolute Gasteiger partial charge is 0.480 e. The topological polar surface area (TPSA) is 69.6 Å². The van der Waals surface area contributed by atoms with Gasteiger partial charge in [0.05, 0.1) is 6.04 Å². The van der Waals surface area contributed by atoms with Crippen molar-refractivity contribution in [1.29, 1.82) is 0 Å². The van der Waals surface area contributed by atoms with Crippen LogP contribution in [-0.2, 0) is 4.79 Å². The second-order valence-electron chi connectivity index (χ2n) is 4.68. The predicted molar refractivity (Wildman–Crippen MR) is 68.0 cm³/mol. The first kappa shape index (κ1) is 14.4. The molecule has 1 rings (SSSR count). The highest BCUT2D eigenvalue weighted by atomic mass is 16.4. The molecular weight excluding hydrogens is 232 g/mol. The molecule has 5 nitrogen and oxygen atoms in total. The van der Waals surface area contributed by atoms with Crippen LogP contribution in [0.4, 0.5) is 4.79 Å². The van der Waals surface area contributed by atoms with Gasteiger partial charge in [-0.25, -0.2) is 9.59 Å². The second-order valence-corrected chi connectivity index (χ2v) is 4.68. The van der Waals surface area contributed by atoms with E-state index in [9.17, 15) is 14.7 Å². The molecule has 2 amide bonds. The first-order chi connectivity index (χ1) is 8.49. The molecule has 0 saturated carbocycles. The number of urea groups is 1. The van der Waals surface area contributed by atoms with E-state index in [2.05, 4.69) is 11.2 Å². The summed E-state index contributed by atoms with van der Waals surface area (Å²) in [7, 11) is 0. The van der Waals surface area contributed by atoms with Crippen LogP contribution in [0.15, 0.2) is 0 Å². The number of hydrogen-bond acceptors (Lipinski definition) is 2. The minimum absolute atomic E-state index is 0.375. The molecule has 100 valence electrons. The fourth-order valence-electron chi connectivity index (χ4n) is 2.20. The van der Waals surface area contributed by atoms with Crippen molar-refractivity contribution in [1.82, 2.24) is 10.2 Å². The number of carboxylic acid groups (broad SMARTS) is 1. The van der Waals surface area contributed by atoms with Crippen LogP contribution < -0.4 is 5.32 Å². The van der Waals surface area contributed by atoms with E-state index in [1.54, 1.807) is 6.92 Å². The van der Waals surface area contributed by atoms with Crippen LogP contribution in [-0.4, -0.2) is 40.6 Å². The summed E-state index contributed by atoms with van der Waals surface area (Å²) in [5.74, 6) is 1.82. The Morgan fingerprint density at radius 1 is 1.61 bits per heavy atom. The Morgan fingerprint density at radius 3 is 2.78 bits per heavy atom. The smallest absolute Gasteiger partial charge is 0.326 e. The maximum Gasteiger partial charge on any atom is 0.326 e. The summed E-state index contributed by atoms with van der Waals surface area (Å²) in [6.45, 7) is 4.20. The Morgan fingerprint density at radius 2 is 2.28 bits per heavy atom. The number of nitrogens with zero attached hydrogens (tertiary/aromatic N) is 1. The molecule has 0 aliphatic carbocycles. The molecule has 1 aliphatic heterocycles. The Hall–Kier alpha value is -1.70. The highest BCUT2D eigenvalue weighted by Gasteiger charge is 2.35. The lowest BCUT2D eigenvalue weighted by atomic mass is 9.89. The maximum absolute atomic E-state index is 11.9. The molecule has 1 heterocycles. The Kier molecular flexibility index (Phi) is 5.02. The van der Waals surface area contributed by atoms with Crippen molar-refractivity contribution < 1.29 is 14.7 Å². The van der Waals surface area contributed by atoms with Gasteiger partial charge in [-0.3, -0.25) is 0 Å². The highest BCUT2D eigenvalue weighted by Crippen LogP contribution is 2.25. The summed E-state index contributed by atoms with van der Waals surface area (Å²) in [6, 6.07) is -1.52. The number of likely N-dealkylation sites (tertiary alicyclic amines) is 1. The van der Waals surface area contributed by atoms with E-state index >= 15 is 0 Å². The van der Waals surface area contributed by atoms with Crippen molar-refractivity contribution in [2.24, 2.45) is 5.92 Å². The van der Waals surface area contributed by atoms with Gasteiger partial charge in [-0.2, -0.15) is 0 Å². The van der Waals surface area contributed by atoms with Gasteiger partial charge in [-0.1, -0.05) is 19.3 Å². The fraction of sp³-hybridized carbons (Fsp3) is 0.692. The zero-order valence-corrected chi connectivity index (χ0v) is 10.8. The van der Waals surface area contributed by atoms with E-state index in [4.69, 9.17) is 6.42 Å². The number of aliphatic carboxylic acids is 1. The summed E-state index contributed by atoms with van der Waals surface area (Å²) >= 11 is 0. The minimum atomic E-state index is -0.948. The summed E-state index contributed by atoms with van der Waals surface area (Å²) in [6.07, 6.45) is 7.50. The van der Waals surface area contributed by atoms with E-state index in [1.807, 2.05) is 6.92 Å². The number of amides is 2. The SMILES string of the molecule is C#CC(C)NC(=O)N1CCC(CC)CC1C(=O)O. The van der Waals surface area contributed by atoms with Gasteiger partial charge in [0.1, 0.15) is 6.04 Å². The second kappa shape index (κ2) is 6.29. The van der Waals surface area contributed by atoms with Crippen LogP contribution in [0.3, 0.4) is 0 Å². The molecule has 2 N–H and O–H groups in total. The molecule has 0 aromatic heterocycles. The zero-order chi connectivity index (χ0) is 13.7. The van der Waals surface area contributed by atoms with Gasteiger partial charge in [0.25, 0.3) is 0 Å². The third-order valence-corrected chi connectivity index (χ3v) is 3.42. The summed E-state index contributed by atoms with van der Waals surface area (Å²) in [5.41, 5.74) is 0. The van der Waals surface area contributed by atoms with Crippen LogP contribution in [0.2, 0.25) is 0 Å². The number of rotatable bonds is 3. The summed E-state index contributed by atoms with van der Waals surface area (Å²) in [5, 5.41) is 11.8. The standard InChI is InChI=1S/C13H20N2O3/c1-4-9(3)14-13(18)15-7-6-10(5-2)8-11(15)12(16)17/h1,9-11H,5-8H2,2-3H3,(H,14,18)(H,16,17). The monoisotopic (exact) mass is 252 g/mol. The zero-order valence-electron chi connectivity index (χ0n) is 10.8. The first-order valence-electron chi connectivity index (χ1n) is 6.25. The first-order valence-corrected chi connectivity index (χ1v) is 6.25. The normalized spacial score (nSPS) is 25.1. The number of piperidine rings is 1. The quantitative estimate of drug-likeness (QED) is 0.744. The molecule has 1 fully saturated rings. The van der Waals surface area contributed by atoms with Crippen molar-refractivity contribution in [3.05, 3.63) is 0 Å². The third-order valence-electron chi connectivity index (χ3n) is 3.42. The number of carbonyl (C=O) groups excluding carboxylic acids is 1. The predicted octanol–water partition coefficient (Wildman–Crippen LogP) is 1.29. The molecule has 0 spiro atoms.